The Bertz CT molecular complexity index is 445. The molecule has 6 heteroatoms. The van der Waals surface area contributed by atoms with Crippen molar-refractivity contribution < 1.29 is 14.7 Å². The second-order valence-corrected chi connectivity index (χ2v) is 5.87. The van der Waals surface area contributed by atoms with Gasteiger partial charge in [-0.3, -0.25) is 4.79 Å². The first-order chi connectivity index (χ1) is 9.52. The number of aliphatic carboxylic acids is 1. The summed E-state index contributed by atoms with van der Waals surface area (Å²) in [6, 6.07) is -0.760. The van der Waals surface area contributed by atoms with Gasteiger partial charge in [0, 0.05) is 11.8 Å². The van der Waals surface area contributed by atoms with Gasteiger partial charge in [-0.05, 0) is 26.2 Å². The number of carboxylic acids is 1. The van der Waals surface area contributed by atoms with E-state index in [4.69, 9.17) is 5.11 Å². The van der Waals surface area contributed by atoms with E-state index in [1.54, 1.807) is 11.3 Å². The molecule has 0 spiro atoms. The number of amides is 1. The highest BCUT2D eigenvalue weighted by Gasteiger charge is 2.18. The molecule has 1 heterocycles. The summed E-state index contributed by atoms with van der Waals surface area (Å²) < 4.78 is 0. The monoisotopic (exact) mass is 298 g/mol. The van der Waals surface area contributed by atoms with Crippen molar-refractivity contribution in [3.63, 3.8) is 0 Å². The lowest BCUT2D eigenvalue weighted by atomic mass is 10.1. The van der Waals surface area contributed by atoms with Crippen molar-refractivity contribution in [2.75, 3.05) is 0 Å². The molecule has 1 amide bonds. The molecule has 0 saturated carbocycles. The normalized spacial score (nSPS) is 12.1. The fourth-order valence-corrected chi connectivity index (χ4v) is 2.53. The maximum atomic E-state index is 11.7. The molecule has 0 radical (unpaired) electrons. The summed E-state index contributed by atoms with van der Waals surface area (Å²) >= 11 is 1.60. The number of nitrogens with zero attached hydrogens (tertiary/aromatic N) is 1. The lowest BCUT2D eigenvalue weighted by Gasteiger charge is -2.13. The number of aromatic nitrogens is 1. The van der Waals surface area contributed by atoms with Gasteiger partial charge < -0.3 is 10.4 Å². The SMILES string of the molecule is CCCCC(NC(=O)CCCc1csc(C)n1)C(=O)O. The maximum Gasteiger partial charge on any atom is 0.326 e. The Kier molecular flexibility index (Phi) is 7.22. The summed E-state index contributed by atoms with van der Waals surface area (Å²) in [5.41, 5.74) is 1.00. The lowest BCUT2D eigenvalue weighted by molar-refractivity contribution is -0.142. The lowest BCUT2D eigenvalue weighted by Crippen LogP contribution is -2.40. The van der Waals surface area contributed by atoms with Crippen LogP contribution in [0.4, 0.5) is 0 Å². The first-order valence-electron chi connectivity index (χ1n) is 6.96. The topological polar surface area (TPSA) is 79.3 Å². The molecule has 0 bridgehead atoms. The summed E-state index contributed by atoms with van der Waals surface area (Å²) in [5.74, 6) is -1.15. The minimum atomic E-state index is -0.957. The molecule has 112 valence electrons. The molecule has 20 heavy (non-hydrogen) atoms. The Hall–Kier alpha value is -1.43. The van der Waals surface area contributed by atoms with Gasteiger partial charge in [0.2, 0.25) is 5.91 Å². The van der Waals surface area contributed by atoms with E-state index >= 15 is 0 Å². The molecule has 1 aromatic heterocycles. The van der Waals surface area contributed by atoms with Crippen LogP contribution >= 0.6 is 11.3 Å². The second-order valence-electron chi connectivity index (χ2n) is 4.81. The predicted octanol–water partition coefficient (Wildman–Crippen LogP) is 2.53. The Morgan fingerprint density at radius 3 is 2.75 bits per heavy atom. The van der Waals surface area contributed by atoms with Gasteiger partial charge in [-0.2, -0.15) is 0 Å². The average molecular weight is 298 g/mol. The van der Waals surface area contributed by atoms with Gasteiger partial charge >= 0.3 is 5.97 Å². The van der Waals surface area contributed by atoms with Gasteiger partial charge in [0.15, 0.2) is 0 Å². The van der Waals surface area contributed by atoms with Crippen molar-refractivity contribution in [3.8, 4) is 0 Å². The number of rotatable bonds is 9. The third-order valence-electron chi connectivity index (χ3n) is 2.98. The van der Waals surface area contributed by atoms with Gasteiger partial charge in [-0.25, -0.2) is 9.78 Å². The highest BCUT2D eigenvalue weighted by atomic mass is 32.1. The summed E-state index contributed by atoms with van der Waals surface area (Å²) in [6.45, 7) is 3.95. The number of unbranched alkanes of at least 4 members (excludes halogenated alkanes) is 1. The first-order valence-corrected chi connectivity index (χ1v) is 7.84. The molecule has 1 atom stereocenters. The van der Waals surface area contributed by atoms with E-state index < -0.39 is 12.0 Å². The molecule has 0 aliphatic heterocycles. The molecule has 0 aliphatic rings. The van der Waals surface area contributed by atoms with E-state index in [9.17, 15) is 9.59 Å². The van der Waals surface area contributed by atoms with Gasteiger partial charge in [0.05, 0.1) is 10.7 Å². The van der Waals surface area contributed by atoms with Crippen LogP contribution in [0.3, 0.4) is 0 Å². The molecular formula is C14H22N2O3S. The number of nitrogens with one attached hydrogen (secondary N) is 1. The van der Waals surface area contributed by atoms with Gasteiger partial charge in [-0.1, -0.05) is 19.8 Å². The zero-order chi connectivity index (χ0) is 15.0. The van der Waals surface area contributed by atoms with Crippen LogP contribution in [0.5, 0.6) is 0 Å². The van der Waals surface area contributed by atoms with Crippen LogP contribution in [-0.2, 0) is 16.0 Å². The van der Waals surface area contributed by atoms with Gasteiger partial charge in [-0.15, -0.1) is 11.3 Å². The van der Waals surface area contributed by atoms with E-state index in [0.717, 1.165) is 30.0 Å². The van der Waals surface area contributed by atoms with Crippen molar-refractivity contribution in [2.24, 2.45) is 0 Å². The number of thiazole rings is 1. The van der Waals surface area contributed by atoms with E-state index in [1.807, 2.05) is 19.2 Å². The molecular weight excluding hydrogens is 276 g/mol. The van der Waals surface area contributed by atoms with Crippen molar-refractivity contribution in [1.82, 2.24) is 10.3 Å². The molecule has 2 N–H and O–H groups in total. The highest BCUT2D eigenvalue weighted by molar-refractivity contribution is 7.09. The van der Waals surface area contributed by atoms with Gasteiger partial charge in [0.1, 0.15) is 6.04 Å². The van der Waals surface area contributed by atoms with E-state index in [-0.39, 0.29) is 5.91 Å². The minimum Gasteiger partial charge on any atom is -0.480 e. The molecule has 1 unspecified atom stereocenters. The molecule has 0 aromatic carbocycles. The van der Waals surface area contributed by atoms with Crippen LogP contribution < -0.4 is 5.32 Å². The smallest absolute Gasteiger partial charge is 0.326 e. The molecule has 0 saturated heterocycles. The molecule has 0 aliphatic carbocycles. The van der Waals surface area contributed by atoms with Crippen LogP contribution in [0.1, 0.15) is 49.7 Å². The summed E-state index contributed by atoms with van der Waals surface area (Å²) in [6.07, 6.45) is 3.99. The Morgan fingerprint density at radius 1 is 1.45 bits per heavy atom. The van der Waals surface area contributed by atoms with Crippen LogP contribution in [0, 0.1) is 6.92 Å². The standard InChI is InChI=1S/C14H22N2O3S/c1-3-4-7-12(14(18)19)16-13(17)8-5-6-11-9-20-10(2)15-11/h9,12H,3-8H2,1-2H3,(H,16,17)(H,18,19). The summed E-state index contributed by atoms with van der Waals surface area (Å²) in [5, 5.41) is 14.6. The predicted molar refractivity (Wildman–Crippen MR) is 78.9 cm³/mol. The van der Waals surface area contributed by atoms with E-state index in [1.165, 1.54) is 0 Å². The van der Waals surface area contributed by atoms with Crippen molar-refractivity contribution in [3.05, 3.63) is 16.1 Å². The Balaban J connectivity index is 2.28. The Morgan fingerprint density at radius 2 is 2.20 bits per heavy atom. The molecule has 1 aromatic rings. The number of hydrogen-bond acceptors (Lipinski definition) is 4. The van der Waals surface area contributed by atoms with Crippen molar-refractivity contribution in [2.45, 2.75) is 58.4 Å². The zero-order valence-electron chi connectivity index (χ0n) is 12.0. The van der Waals surface area contributed by atoms with E-state index in [2.05, 4.69) is 10.3 Å². The number of carboxylic acid groups (broad SMARTS) is 1. The van der Waals surface area contributed by atoms with Crippen molar-refractivity contribution >= 4 is 23.2 Å². The largest absolute Gasteiger partial charge is 0.480 e. The average Bonchev–Trinajstić information content (AvgIpc) is 2.80. The Labute approximate surface area is 123 Å². The second kappa shape index (κ2) is 8.68. The quantitative estimate of drug-likeness (QED) is 0.734. The zero-order valence-corrected chi connectivity index (χ0v) is 12.8. The fourth-order valence-electron chi connectivity index (χ4n) is 1.89. The number of hydrogen-bond donors (Lipinski definition) is 2. The van der Waals surface area contributed by atoms with Crippen LogP contribution in [0.2, 0.25) is 0 Å². The van der Waals surface area contributed by atoms with Gasteiger partial charge in [0.25, 0.3) is 0 Å². The molecule has 0 fully saturated rings. The number of carbonyl (C=O) groups excluding carboxylic acids is 1. The minimum absolute atomic E-state index is 0.194. The third kappa shape index (κ3) is 6.14. The molecule has 1 rings (SSSR count). The van der Waals surface area contributed by atoms with Crippen LogP contribution in [-0.4, -0.2) is 28.0 Å². The summed E-state index contributed by atoms with van der Waals surface area (Å²) in [7, 11) is 0. The highest BCUT2D eigenvalue weighted by Crippen LogP contribution is 2.10. The summed E-state index contributed by atoms with van der Waals surface area (Å²) in [4.78, 5) is 27.1. The molecule has 5 nitrogen and oxygen atoms in total. The number of carbonyl (C=O) groups is 2. The third-order valence-corrected chi connectivity index (χ3v) is 3.81. The van der Waals surface area contributed by atoms with Crippen molar-refractivity contribution in [1.29, 1.82) is 0 Å². The fraction of sp³-hybridized carbons (Fsp3) is 0.643. The maximum absolute atomic E-state index is 11.7. The van der Waals surface area contributed by atoms with E-state index in [0.29, 0.717) is 19.3 Å². The first kappa shape index (κ1) is 16.6. The number of aryl methyl sites for hydroxylation is 2. The van der Waals surface area contributed by atoms with Crippen LogP contribution in [0.25, 0.3) is 0 Å². The van der Waals surface area contributed by atoms with Crippen LogP contribution in [0.15, 0.2) is 5.38 Å².